The largest absolute Gasteiger partial charge is 0.317 e. The molecule has 0 N–H and O–H groups in total. The second kappa shape index (κ2) is 19.0. The highest BCUT2D eigenvalue weighted by Crippen LogP contribution is 2.49. The zero-order chi connectivity index (χ0) is 55.6. The Morgan fingerprint density at radius 1 is 0.298 bits per heavy atom. The Bertz CT molecular complexity index is 4650. The number of hydrogen-bond donors (Lipinski definition) is 0. The van der Waals surface area contributed by atoms with Gasteiger partial charge in [0.25, 0.3) is 6.71 Å². The summed E-state index contributed by atoms with van der Waals surface area (Å²) >= 11 is 0. The van der Waals surface area contributed by atoms with E-state index in [9.17, 15) is 0 Å². The number of aryl methyl sites for hydroxylation is 2. The Morgan fingerprint density at radius 2 is 0.631 bits per heavy atom. The lowest BCUT2D eigenvalue weighted by Crippen LogP contribution is -2.59. The first-order valence-electron chi connectivity index (χ1n) is 29.6. The van der Waals surface area contributed by atoms with Crippen molar-refractivity contribution in [2.45, 2.75) is 26.7 Å². The van der Waals surface area contributed by atoms with Gasteiger partial charge in [-0.25, -0.2) is 0 Å². The maximum absolute atomic E-state index is 2.53. The first kappa shape index (κ1) is 48.2. The van der Waals surface area contributed by atoms with Crippen molar-refractivity contribution >= 4 is 139 Å². The van der Waals surface area contributed by atoms with E-state index in [0.29, 0.717) is 0 Å². The fourth-order valence-corrected chi connectivity index (χ4v) is 14.3. The van der Waals surface area contributed by atoms with Gasteiger partial charge in [-0.05, 0) is 147 Å². The van der Waals surface area contributed by atoms with Crippen LogP contribution in [-0.2, 0) is 12.8 Å². The minimum absolute atomic E-state index is 0.0878. The Kier molecular flexibility index (Phi) is 10.9. The third kappa shape index (κ3) is 7.23. The van der Waals surface area contributed by atoms with Crippen LogP contribution in [0.1, 0.15) is 25.0 Å². The van der Waals surface area contributed by atoms with Gasteiger partial charge in [-0.15, -0.1) is 0 Å². The van der Waals surface area contributed by atoms with E-state index in [0.717, 1.165) is 64.0 Å². The van der Waals surface area contributed by atoms with Crippen molar-refractivity contribution in [3.8, 4) is 11.4 Å². The highest BCUT2D eigenvalue weighted by molar-refractivity contribution is 7.00. The number of fused-ring (bicyclic) bond motifs is 8. The molecule has 0 saturated carbocycles. The Morgan fingerprint density at radius 3 is 0.988 bits per heavy atom. The first-order valence-corrected chi connectivity index (χ1v) is 29.6. The quantitative estimate of drug-likeness (QED) is 0.120. The normalized spacial score (nSPS) is 12.2. The summed E-state index contributed by atoms with van der Waals surface area (Å²) in [5.74, 6) is 0. The monoisotopic (exact) mass is 1070 g/mol. The molecule has 0 saturated heterocycles. The van der Waals surface area contributed by atoms with Crippen LogP contribution in [0.4, 0.5) is 51.2 Å². The van der Waals surface area contributed by atoms with Crippen molar-refractivity contribution in [1.82, 2.24) is 9.13 Å². The molecule has 0 unspecified atom stereocenters. The van der Waals surface area contributed by atoms with Gasteiger partial charge in [0.2, 0.25) is 0 Å². The average Bonchev–Trinajstić information content (AvgIpc) is 1.40. The first-order chi connectivity index (χ1) is 41.6. The van der Waals surface area contributed by atoms with Crippen LogP contribution in [0.5, 0.6) is 0 Å². The lowest BCUT2D eigenvalue weighted by Gasteiger charge is -2.37. The lowest BCUT2D eigenvalue weighted by molar-refractivity contribution is 1.09. The summed E-state index contributed by atoms with van der Waals surface area (Å²) in [6, 6.07) is 100.0. The highest BCUT2D eigenvalue weighted by atomic mass is 15.2. The van der Waals surface area contributed by atoms with E-state index in [2.05, 4.69) is 317 Å². The van der Waals surface area contributed by atoms with Crippen molar-refractivity contribution in [3.05, 3.63) is 290 Å². The Labute approximate surface area is 488 Å². The molecule has 0 fully saturated rings. The number of benzene rings is 13. The molecule has 6 heteroatoms. The summed E-state index contributed by atoms with van der Waals surface area (Å²) < 4.78 is 5.03. The Balaban J connectivity index is 0.959. The van der Waals surface area contributed by atoms with Crippen molar-refractivity contribution in [3.63, 3.8) is 0 Å². The fourth-order valence-electron chi connectivity index (χ4n) is 14.3. The summed E-state index contributed by atoms with van der Waals surface area (Å²) in [7, 11) is 0. The molecule has 0 bridgehead atoms. The summed E-state index contributed by atoms with van der Waals surface area (Å²) in [4.78, 5) is 7.53. The second-order valence-electron chi connectivity index (χ2n) is 22.6. The number of hydrogen-bond acceptors (Lipinski definition) is 3. The Hall–Kier alpha value is -10.6. The van der Waals surface area contributed by atoms with E-state index in [1.54, 1.807) is 0 Å². The molecule has 13 aromatic carbocycles. The van der Waals surface area contributed by atoms with Gasteiger partial charge in [0.05, 0.1) is 50.8 Å². The van der Waals surface area contributed by atoms with Gasteiger partial charge in [-0.3, -0.25) is 0 Å². The molecule has 0 aliphatic carbocycles. The number of anilines is 9. The van der Waals surface area contributed by atoms with Gasteiger partial charge >= 0.3 is 0 Å². The zero-order valence-electron chi connectivity index (χ0n) is 46.8. The van der Waals surface area contributed by atoms with Crippen molar-refractivity contribution < 1.29 is 0 Å². The molecule has 5 nitrogen and oxygen atoms in total. The van der Waals surface area contributed by atoms with E-state index in [-0.39, 0.29) is 6.71 Å². The summed E-state index contributed by atoms with van der Waals surface area (Å²) in [6.07, 6.45) is 6.62. The molecule has 15 aromatic rings. The van der Waals surface area contributed by atoms with Gasteiger partial charge in [-0.1, -0.05) is 196 Å². The SMILES string of the molecule is CCc1ccc(N(c2ccc(CC)cc2)c2cc3c4c(c2)-n2ccc5c(N(c6cccc7ccccc67)c6cccc7ccccc67)ccc(c52)B4c2ccc(N(c4cccc5ccccc45)c4cccc5ccccc45)c4ccn-3c24)cc1. The summed E-state index contributed by atoms with van der Waals surface area (Å²) in [5, 5.41) is 12.0. The molecule has 4 heterocycles. The molecule has 0 radical (unpaired) electrons. The van der Waals surface area contributed by atoms with E-state index in [1.807, 2.05) is 0 Å². The highest BCUT2D eigenvalue weighted by Gasteiger charge is 2.41. The molecule has 2 aromatic heterocycles. The minimum atomic E-state index is -0.0878. The van der Waals surface area contributed by atoms with E-state index >= 15 is 0 Å². The predicted molar refractivity (Wildman–Crippen MR) is 358 cm³/mol. The molecule has 0 amide bonds. The van der Waals surface area contributed by atoms with Crippen LogP contribution < -0.4 is 31.1 Å². The fraction of sp³-hybridized carbons (Fsp3) is 0.0513. The second-order valence-corrected chi connectivity index (χ2v) is 22.6. The van der Waals surface area contributed by atoms with E-state index < -0.39 is 0 Å². The molecule has 17 rings (SSSR count). The summed E-state index contributed by atoms with van der Waals surface area (Å²) in [6.45, 7) is 4.38. The van der Waals surface area contributed by atoms with E-state index in [4.69, 9.17) is 0 Å². The topological polar surface area (TPSA) is 19.6 Å². The third-order valence-corrected chi connectivity index (χ3v) is 18.2. The molecular weight excluding hydrogens is 1020 g/mol. The number of nitrogens with zero attached hydrogens (tertiary/aromatic N) is 5. The van der Waals surface area contributed by atoms with Gasteiger partial charge in [0.1, 0.15) is 0 Å². The van der Waals surface area contributed by atoms with Crippen LogP contribution >= 0.6 is 0 Å². The van der Waals surface area contributed by atoms with Gasteiger partial charge in [0, 0.05) is 67.5 Å². The summed E-state index contributed by atoms with van der Waals surface area (Å²) in [5.41, 5.74) is 21.5. The molecule has 2 aliphatic rings. The molecule has 2 aliphatic heterocycles. The van der Waals surface area contributed by atoms with Gasteiger partial charge < -0.3 is 23.8 Å². The van der Waals surface area contributed by atoms with Crippen LogP contribution in [0, 0.1) is 0 Å². The van der Waals surface area contributed by atoms with Crippen LogP contribution in [0.25, 0.3) is 76.3 Å². The van der Waals surface area contributed by atoms with Crippen molar-refractivity contribution in [1.29, 1.82) is 0 Å². The van der Waals surface area contributed by atoms with Gasteiger partial charge in [-0.2, -0.15) is 0 Å². The minimum Gasteiger partial charge on any atom is -0.317 e. The van der Waals surface area contributed by atoms with Crippen LogP contribution in [0.2, 0.25) is 0 Å². The maximum Gasteiger partial charge on any atom is 0.252 e. The van der Waals surface area contributed by atoms with Gasteiger partial charge in [0.15, 0.2) is 0 Å². The molecule has 396 valence electrons. The maximum atomic E-state index is 2.53. The predicted octanol–water partition coefficient (Wildman–Crippen LogP) is 18.9. The smallest absolute Gasteiger partial charge is 0.252 e. The van der Waals surface area contributed by atoms with Crippen LogP contribution in [0.3, 0.4) is 0 Å². The van der Waals surface area contributed by atoms with E-state index in [1.165, 1.54) is 104 Å². The standard InChI is InChI=1S/C78H56BN5/c1-3-51-33-37-57(38-34-51)82(58-39-35-52(4-2)36-40-58)59-49-74-76-75(50-59)81-48-46-65-73(84(70-31-15-23-55-19-7-11-27-62(55)70)71-32-16-24-56-20-8-12-28-63(56)71)44-42-67(78(65)81)79(76)66-41-43-72(64-45-47-80(74)77(64)66)83(68-29-13-21-53-17-5-9-25-60(53)68)69-30-14-22-54-18-6-10-26-61(54)69/h5-50H,3-4H2,1-2H3. The zero-order valence-corrected chi connectivity index (χ0v) is 46.8. The van der Waals surface area contributed by atoms with Crippen LogP contribution in [-0.4, -0.2) is 15.8 Å². The molecule has 0 spiro atoms. The number of rotatable bonds is 11. The molecular formula is C78H56BN5. The third-order valence-electron chi connectivity index (χ3n) is 18.2. The average molecular weight is 1070 g/mol. The van der Waals surface area contributed by atoms with Crippen molar-refractivity contribution in [2.75, 3.05) is 14.7 Å². The van der Waals surface area contributed by atoms with Crippen molar-refractivity contribution in [2.24, 2.45) is 0 Å². The number of aromatic nitrogens is 2. The lowest BCUT2D eigenvalue weighted by atomic mass is 9.34. The molecule has 84 heavy (non-hydrogen) atoms. The van der Waals surface area contributed by atoms with Crippen LogP contribution in [0.15, 0.2) is 279 Å². The molecule has 0 atom stereocenters.